The number of H-pyrrole nitrogens is 2. The number of hydrogen-bond donors (Lipinski definition) is 3. The Labute approximate surface area is 197 Å². The van der Waals surface area contributed by atoms with E-state index in [0.29, 0.717) is 50.9 Å². The molecule has 0 unspecified atom stereocenters. The second kappa shape index (κ2) is 7.99. The fourth-order valence-electron chi connectivity index (χ4n) is 4.18. The molecule has 11 heteroatoms. The highest BCUT2D eigenvalue weighted by Crippen LogP contribution is 2.33. The number of aliphatic hydroxyl groups is 1. The number of aromatic amines is 2. The average molecular weight is 470 g/mol. The summed E-state index contributed by atoms with van der Waals surface area (Å²) in [5.41, 5.74) is 6.21. The van der Waals surface area contributed by atoms with Gasteiger partial charge in [-0.25, -0.2) is 19.3 Å². The summed E-state index contributed by atoms with van der Waals surface area (Å²) in [5.74, 6) is 0.474. The molecule has 0 aliphatic heterocycles. The van der Waals surface area contributed by atoms with Crippen molar-refractivity contribution < 1.29 is 14.2 Å². The lowest BCUT2D eigenvalue weighted by atomic mass is 10.1. The molecule has 35 heavy (non-hydrogen) atoms. The maximum Gasteiger partial charge on any atom is 0.178 e. The van der Waals surface area contributed by atoms with Gasteiger partial charge in [0.05, 0.1) is 36.1 Å². The van der Waals surface area contributed by atoms with Gasteiger partial charge >= 0.3 is 0 Å². The van der Waals surface area contributed by atoms with Crippen molar-refractivity contribution in [3.05, 3.63) is 60.3 Å². The Morgan fingerprint density at radius 2 is 2.00 bits per heavy atom. The number of aromatic nitrogens is 8. The number of nitrogens with zero attached hydrogens (tertiary/aromatic N) is 6. The van der Waals surface area contributed by atoms with Crippen molar-refractivity contribution >= 4 is 22.2 Å². The van der Waals surface area contributed by atoms with Crippen LogP contribution in [0, 0.1) is 5.82 Å². The third-order valence-electron chi connectivity index (χ3n) is 5.77. The Morgan fingerprint density at radius 1 is 1.11 bits per heavy atom. The third-order valence-corrected chi connectivity index (χ3v) is 5.77. The maximum atomic E-state index is 14.2. The monoisotopic (exact) mass is 470 g/mol. The van der Waals surface area contributed by atoms with Crippen molar-refractivity contribution in [3.63, 3.8) is 0 Å². The molecule has 0 radical (unpaired) electrons. The molecule has 0 amide bonds. The van der Waals surface area contributed by atoms with Gasteiger partial charge in [-0.3, -0.25) is 9.78 Å². The molecular weight excluding hydrogens is 451 g/mol. The third kappa shape index (κ3) is 3.49. The number of pyridine rings is 2. The molecule has 0 bridgehead atoms. The zero-order valence-corrected chi connectivity index (χ0v) is 18.7. The van der Waals surface area contributed by atoms with Gasteiger partial charge in [-0.15, -0.1) is 0 Å². The summed E-state index contributed by atoms with van der Waals surface area (Å²) in [5, 5.41) is 21.4. The van der Waals surface area contributed by atoms with Crippen LogP contribution in [-0.2, 0) is 13.7 Å². The van der Waals surface area contributed by atoms with Crippen LogP contribution in [-0.4, -0.2) is 52.1 Å². The van der Waals surface area contributed by atoms with Crippen molar-refractivity contribution in [2.45, 2.75) is 6.61 Å². The number of fused-ring (bicyclic) bond motifs is 2. The Bertz CT molecular complexity index is 1720. The van der Waals surface area contributed by atoms with Crippen LogP contribution in [0.25, 0.3) is 56.1 Å². The molecule has 0 saturated carbocycles. The highest BCUT2D eigenvalue weighted by molar-refractivity contribution is 5.95. The van der Waals surface area contributed by atoms with Crippen LogP contribution >= 0.6 is 0 Å². The predicted octanol–water partition coefficient (Wildman–Crippen LogP) is 3.60. The van der Waals surface area contributed by atoms with E-state index in [4.69, 9.17) is 9.72 Å². The summed E-state index contributed by atoms with van der Waals surface area (Å²) in [7, 11) is 3.28. The van der Waals surface area contributed by atoms with E-state index >= 15 is 0 Å². The summed E-state index contributed by atoms with van der Waals surface area (Å²) in [6.45, 7) is -0.197. The van der Waals surface area contributed by atoms with Gasteiger partial charge in [0, 0.05) is 36.6 Å². The van der Waals surface area contributed by atoms with E-state index in [1.54, 1.807) is 30.1 Å². The molecule has 0 aliphatic rings. The lowest BCUT2D eigenvalue weighted by molar-refractivity contribution is 0.276. The van der Waals surface area contributed by atoms with Crippen molar-refractivity contribution in [3.8, 4) is 39.7 Å². The van der Waals surface area contributed by atoms with Gasteiger partial charge < -0.3 is 14.8 Å². The zero-order valence-electron chi connectivity index (χ0n) is 18.7. The molecule has 6 aromatic rings. The number of hydrogen-bond acceptors (Lipinski definition) is 7. The molecule has 5 heterocycles. The van der Waals surface area contributed by atoms with Crippen molar-refractivity contribution in [1.29, 1.82) is 0 Å². The number of aryl methyl sites for hydroxylation is 1. The minimum Gasteiger partial charge on any atom is -0.497 e. The summed E-state index contributed by atoms with van der Waals surface area (Å²) in [6, 6.07) is 10.0. The Morgan fingerprint density at radius 3 is 2.83 bits per heavy atom. The standard InChI is InChI=1S/C24H19FN8O2/c1-33-10-16(19(11-34)32-33)17-3-4-18-21(27-17)22(31-30-18)24-28-20-15(5-6-26-23(20)29-24)12-7-13(25)9-14(8-12)35-2/h3-10,34H,11H2,1-2H3,(H,30,31)(H,26,28,29). The summed E-state index contributed by atoms with van der Waals surface area (Å²) in [6.07, 6.45) is 3.43. The van der Waals surface area contributed by atoms with E-state index in [9.17, 15) is 9.50 Å². The fraction of sp³-hybridized carbons (Fsp3) is 0.125. The smallest absolute Gasteiger partial charge is 0.178 e. The molecule has 3 N–H and O–H groups in total. The first-order chi connectivity index (χ1) is 17.0. The highest BCUT2D eigenvalue weighted by atomic mass is 19.1. The van der Waals surface area contributed by atoms with Crippen molar-refractivity contribution in [1.82, 2.24) is 39.9 Å². The number of halogens is 1. The normalized spacial score (nSPS) is 11.5. The van der Waals surface area contributed by atoms with Crippen LogP contribution in [0.1, 0.15) is 5.69 Å². The highest BCUT2D eigenvalue weighted by Gasteiger charge is 2.19. The van der Waals surface area contributed by atoms with E-state index in [1.165, 1.54) is 19.2 Å². The van der Waals surface area contributed by atoms with Crippen molar-refractivity contribution in [2.24, 2.45) is 7.05 Å². The number of benzene rings is 1. The number of methoxy groups -OCH3 is 1. The van der Waals surface area contributed by atoms with E-state index in [-0.39, 0.29) is 6.61 Å². The van der Waals surface area contributed by atoms with Crippen molar-refractivity contribution in [2.75, 3.05) is 7.11 Å². The van der Waals surface area contributed by atoms with Gasteiger partial charge in [-0.1, -0.05) is 0 Å². The van der Waals surface area contributed by atoms with Crippen LogP contribution in [0.3, 0.4) is 0 Å². The molecular formula is C24H19FN8O2. The molecule has 10 nitrogen and oxygen atoms in total. The number of ether oxygens (including phenoxy) is 1. The first-order valence-electron chi connectivity index (χ1n) is 10.7. The fourth-order valence-corrected chi connectivity index (χ4v) is 4.18. The van der Waals surface area contributed by atoms with Crippen LogP contribution in [0.4, 0.5) is 4.39 Å². The number of imidazole rings is 1. The summed E-state index contributed by atoms with van der Waals surface area (Å²) in [4.78, 5) is 17.1. The first kappa shape index (κ1) is 20.9. The van der Waals surface area contributed by atoms with Crippen LogP contribution in [0.15, 0.2) is 48.8 Å². The number of aliphatic hydroxyl groups excluding tert-OH is 1. The number of nitrogens with one attached hydrogen (secondary N) is 2. The minimum atomic E-state index is -0.406. The lowest BCUT2D eigenvalue weighted by Gasteiger charge is -2.06. The quantitative estimate of drug-likeness (QED) is 0.351. The Kier molecular flexibility index (Phi) is 4.78. The molecule has 5 aromatic heterocycles. The molecule has 0 saturated heterocycles. The molecule has 0 atom stereocenters. The molecule has 0 fully saturated rings. The summed E-state index contributed by atoms with van der Waals surface area (Å²) < 4.78 is 21.0. The zero-order chi connectivity index (χ0) is 24.1. The summed E-state index contributed by atoms with van der Waals surface area (Å²) >= 11 is 0. The molecule has 0 spiro atoms. The maximum absolute atomic E-state index is 14.2. The topological polar surface area (TPSA) is 130 Å². The molecule has 0 aliphatic carbocycles. The van der Waals surface area contributed by atoms with E-state index in [0.717, 1.165) is 16.6 Å². The molecule has 174 valence electrons. The van der Waals surface area contributed by atoms with Gasteiger partial charge in [-0.05, 0) is 35.9 Å². The first-order valence-corrected chi connectivity index (χ1v) is 10.7. The second-order valence-corrected chi connectivity index (χ2v) is 8.01. The van der Waals surface area contributed by atoms with Crippen LogP contribution in [0.2, 0.25) is 0 Å². The van der Waals surface area contributed by atoms with E-state index in [1.807, 2.05) is 18.3 Å². The SMILES string of the molecule is COc1cc(F)cc(-c2ccnc3nc(-c4n[nH]c5ccc(-c6cn(C)nc6CO)nc45)[nH]c23)c1. The van der Waals surface area contributed by atoms with Gasteiger partial charge in [0.1, 0.15) is 17.1 Å². The molecule has 6 rings (SSSR count). The Balaban J connectivity index is 1.50. The van der Waals surface area contributed by atoms with E-state index in [2.05, 4.69) is 30.2 Å². The van der Waals surface area contributed by atoms with Crippen LogP contribution in [0.5, 0.6) is 5.75 Å². The van der Waals surface area contributed by atoms with Gasteiger partial charge in [0.2, 0.25) is 0 Å². The second-order valence-electron chi connectivity index (χ2n) is 8.01. The van der Waals surface area contributed by atoms with Gasteiger partial charge in [0.15, 0.2) is 17.2 Å². The lowest BCUT2D eigenvalue weighted by Crippen LogP contribution is -1.92. The Hall–Kier alpha value is -4.64. The van der Waals surface area contributed by atoms with Crippen LogP contribution < -0.4 is 4.74 Å². The van der Waals surface area contributed by atoms with Gasteiger partial charge in [-0.2, -0.15) is 10.2 Å². The number of rotatable bonds is 5. The largest absolute Gasteiger partial charge is 0.497 e. The van der Waals surface area contributed by atoms with Gasteiger partial charge in [0.25, 0.3) is 0 Å². The minimum absolute atomic E-state index is 0.197. The predicted molar refractivity (Wildman–Crippen MR) is 127 cm³/mol. The molecule has 1 aromatic carbocycles. The van der Waals surface area contributed by atoms with E-state index < -0.39 is 5.82 Å². The average Bonchev–Trinajstić information content (AvgIpc) is 3.58.